The van der Waals surface area contributed by atoms with E-state index in [2.05, 4.69) is 25.4 Å². The van der Waals surface area contributed by atoms with Gasteiger partial charge in [0.1, 0.15) is 0 Å². The topological polar surface area (TPSA) is 24.4 Å². The molecule has 0 amide bonds. The summed E-state index contributed by atoms with van der Waals surface area (Å²) in [6.07, 6.45) is 7.75. The molecule has 1 N–H and O–H groups in total. The van der Waals surface area contributed by atoms with Gasteiger partial charge in [0.2, 0.25) is 0 Å². The molecule has 0 spiro atoms. The average molecular weight is 206 g/mol. The molecule has 0 aromatic rings. The van der Waals surface area contributed by atoms with Crippen LogP contribution in [0.4, 0.5) is 0 Å². The lowest BCUT2D eigenvalue weighted by Gasteiger charge is -2.53. The highest BCUT2D eigenvalue weighted by Crippen LogP contribution is 2.49. The third kappa shape index (κ3) is 1.54. The van der Waals surface area contributed by atoms with E-state index < -0.39 is 0 Å². The molecule has 2 fully saturated rings. The second-order valence-corrected chi connectivity index (χ2v) is 6.25. The molecule has 4 unspecified atom stereocenters. The van der Waals surface area contributed by atoms with Gasteiger partial charge in [-0.3, -0.25) is 4.99 Å². The van der Waals surface area contributed by atoms with Crippen molar-refractivity contribution in [2.24, 2.45) is 22.2 Å². The molecule has 1 saturated carbocycles. The molecule has 4 aliphatic rings. The predicted molar refractivity (Wildman–Crippen MR) is 63.3 cm³/mol. The molecule has 0 radical (unpaired) electrons. The molecule has 3 heterocycles. The molecular formula is C13H22N2. The molecule has 84 valence electrons. The number of rotatable bonds is 2. The van der Waals surface area contributed by atoms with Crippen molar-refractivity contribution in [3.63, 3.8) is 0 Å². The number of piperidine rings is 1. The smallest absolute Gasteiger partial charge is 0.0678 e. The van der Waals surface area contributed by atoms with Gasteiger partial charge < -0.3 is 5.32 Å². The highest BCUT2D eigenvalue weighted by atomic mass is 15.0. The van der Waals surface area contributed by atoms with Crippen LogP contribution < -0.4 is 5.32 Å². The van der Waals surface area contributed by atoms with Crippen LogP contribution in [0.5, 0.6) is 0 Å². The Bertz CT molecular complexity index is 268. The van der Waals surface area contributed by atoms with Crippen LogP contribution in [0.15, 0.2) is 4.99 Å². The summed E-state index contributed by atoms with van der Waals surface area (Å²) in [4.78, 5) is 4.82. The van der Waals surface area contributed by atoms with Crippen LogP contribution in [-0.4, -0.2) is 24.8 Å². The Labute approximate surface area is 92.5 Å². The lowest BCUT2D eigenvalue weighted by Crippen LogP contribution is -2.60. The third-order valence-corrected chi connectivity index (χ3v) is 4.45. The van der Waals surface area contributed by atoms with Crippen molar-refractivity contribution in [1.82, 2.24) is 5.32 Å². The number of nitrogens with zero attached hydrogens (tertiary/aromatic N) is 1. The van der Waals surface area contributed by atoms with Gasteiger partial charge in [0.05, 0.1) is 6.04 Å². The Hall–Kier alpha value is -0.370. The lowest BCUT2D eigenvalue weighted by atomic mass is 9.59. The van der Waals surface area contributed by atoms with Gasteiger partial charge in [0, 0.05) is 17.7 Å². The van der Waals surface area contributed by atoms with Crippen LogP contribution in [-0.2, 0) is 0 Å². The van der Waals surface area contributed by atoms with E-state index in [1.54, 1.807) is 0 Å². The second kappa shape index (κ2) is 3.31. The van der Waals surface area contributed by atoms with Gasteiger partial charge in [-0.25, -0.2) is 0 Å². The number of hydrogen-bond donors (Lipinski definition) is 1. The summed E-state index contributed by atoms with van der Waals surface area (Å²) >= 11 is 0. The van der Waals surface area contributed by atoms with Crippen LogP contribution in [0, 0.1) is 17.3 Å². The van der Waals surface area contributed by atoms with Gasteiger partial charge in [0.15, 0.2) is 0 Å². The second-order valence-electron chi connectivity index (χ2n) is 6.25. The van der Waals surface area contributed by atoms with E-state index in [1.807, 2.05) is 0 Å². The SMILES string of the molecule is CC(C)CC12C=NC3C(CCNC3C1)C2. The van der Waals surface area contributed by atoms with E-state index in [0.29, 0.717) is 17.5 Å². The van der Waals surface area contributed by atoms with Gasteiger partial charge in [0.25, 0.3) is 0 Å². The standard InChI is InChI=1S/C13H22N2/c1-9(2)5-13-6-10-3-4-14-11(7-13)12(10)15-8-13/h8-12,14H,3-7H2,1-2H3. The van der Waals surface area contributed by atoms with Crippen molar-refractivity contribution >= 4 is 6.21 Å². The molecule has 2 heteroatoms. The summed E-state index contributed by atoms with van der Waals surface area (Å²) in [5, 5.41) is 3.67. The Morgan fingerprint density at radius 1 is 1.47 bits per heavy atom. The lowest BCUT2D eigenvalue weighted by molar-refractivity contribution is 0.0784. The summed E-state index contributed by atoms with van der Waals surface area (Å²) in [5.41, 5.74) is 0.450. The minimum atomic E-state index is 0.450. The zero-order valence-electron chi connectivity index (χ0n) is 9.87. The van der Waals surface area contributed by atoms with Crippen molar-refractivity contribution in [2.75, 3.05) is 6.54 Å². The molecular weight excluding hydrogens is 184 g/mol. The first-order chi connectivity index (χ1) is 7.19. The summed E-state index contributed by atoms with van der Waals surface area (Å²) in [5.74, 6) is 1.68. The molecule has 1 saturated heterocycles. The predicted octanol–water partition coefficient (Wildman–Crippen LogP) is 2.24. The Morgan fingerprint density at radius 2 is 2.33 bits per heavy atom. The first kappa shape index (κ1) is 9.83. The molecule has 3 aliphatic heterocycles. The summed E-state index contributed by atoms with van der Waals surface area (Å²) < 4.78 is 0. The van der Waals surface area contributed by atoms with Crippen LogP contribution >= 0.6 is 0 Å². The molecule has 0 aromatic heterocycles. The molecule has 0 aromatic carbocycles. The monoisotopic (exact) mass is 206 g/mol. The molecule has 4 atom stereocenters. The number of nitrogens with one attached hydrogen (secondary N) is 1. The van der Waals surface area contributed by atoms with Crippen molar-refractivity contribution in [3.8, 4) is 0 Å². The van der Waals surface area contributed by atoms with Crippen LogP contribution in [0.25, 0.3) is 0 Å². The number of aliphatic imine (C=N–C) groups is 1. The molecule has 4 bridgehead atoms. The quantitative estimate of drug-likeness (QED) is 0.736. The average Bonchev–Trinajstić information content (AvgIpc) is 2.15. The van der Waals surface area contributed by atoms with Gasteiger partial charge >= 0.3 is 0 Å². The Kier molecular flexibility index (Phi) is 2.17. The van der Waals surface area contributed by atoms with Crippen LogP contribution in [0.1, 0.15) is 39.5 Å². The first-order valence-corrected chi connectivity index (χ1v) is 6.46. The molecule has 4 rings (SSSR count). The largest absolute Gasteiger partial charge is 0.312 e. The summed E-state index contributed by atoms with van der Waals surface area (Å²) in [7, 11) is 0. The van der Waals surface area contributed by atoms with Crippen molar-refractivity contribution in [3.05, 3.63) is 0 Å². The summed E-state index contributed by atoms with van der Waals surface area (Å²) in [6, 6.07) is 1.31. The van der Waals surface area contributed by atoms with Gasteiger partial charge in [-0.15, -0.1) is 0 Å². The van der Waals surface area contributed by atoms with E-state index in [1.165, 1.54) is 32.2 Å². The zero-order chi connectivity index (χ0) is 10.5. The fourth-order valence-corrected chi connectivity index (χ4v) is 4.14. The van der Waals surface area contributed by atoms with E-state index >= 15 is 0 Å². The maximum atomic E-state index is 4.82. The molecule has 1 aliphatic carbocycles. The van der Waals surface area contributed by atoms with E-state index in [9.17, 15) is 0 Å². The third-order valence-electron chi connectivity index (χ3n) is 4.45. The fourth-order valence-electron chi connectivity index (χ4n) is 4.14. The maximum absolute atomic E-state index is 4.82. The minimum absolute atomic E-state index is 0.450. The van der Waals surface area contributed by atoms with Crippen LogP contribution in [0.3, 0.4) is 0 Å². The van der Waals surface area contributed by atoms with Crippen molar-refractivity contribution in [1.29, 1.82) is 0 Å². The van der Waals surface area contributed by atoms with E-state index in [4.69, 9.17) is 4.99 Å². The van der Waals surface area contributed by atoms with Crippen molar-refractivity contribution < 1.29 is 0 Å². The van der Waals surface area contributed by atoms with Gasteiger partial charge in [-0.2, -0.15) is 0 Å². The van der Waals surface area contributed by atoms with Crippen molar-refractivity contribution in [2.45, 2.75) is 51.6 Å². The van der Waals surface area contributed by atoms with E-state index in [-0.39, 0.29) is 0 Å². The molecule has 15 heavy (non-hydrogen) atoms. The van der Waals surface area contributed by atoms with Crippen LogP contribution in [0.2, 0.25) is 0 Å². The zero-order valence-corrected chi connectivity index (χ0v) is 9.87. The normalized spacial score (nSPS) is 47.5. The Balaban J connectivity index is 1.86. The molecule has 2 nitrogen and oxygen atoms in total. The fraction of sp³-hybridized carbons (Fsp3) is 0.923. The highest BCUT2D eigenvalue weighted by Gasteiger charge is 2.50. The summed E-state index contributed by atoms with van der Waals surface area (Å²) in [6.45, 7) is 5.90. The minimum Gasteiger partial charge on any atom is -0.312 e. The van der Waals surface area contributed by atoms with Gasteiger partial charge in [-0.1, -0.05) is 13.8 Å². The van der Waals surface area contributed by atoms with E-state index in [0.717, 1.165) is 11.8 Å². The Morgan fingerprint density at radius 3 is 3.07 bits per heavy atom. The first-order valence-electron chi connectivity index (χ1n) is 6.46. The van der Waals surface area contributed by atoms with Gasteiger partial charge in [-0.05, 0) is 44.1 Å². The highest BCUT2D eigenvalue weighted by molar-refractivity contribution is 5.69. The maximum Gasteiger partial charge on any atom is 0.0678 e. The number of hydrogen-bond acceptors (Lipinski definition) is 2.